The topological polar surface area (TPSA) is 96.4 Å². The van der Waals surface area contributed by atoms with E-state index in [1.165, 1.54) is 30.6 Å². The Labute approximate surface area is 150 Å². The van der Waals surface area contributed by atoms with E-state index in [0.29, 0.717) is 34.2 Å². The number of rotatable bonds is 5. The van der Waals surface area contributed by atoms with Gasteiger partial charge in [0.05, 0.1) is 5.41 Å². The SMILES string of the molecule is CCc1sc(NC(=O)C23CC4CC(CC(C4)C2)C3)nc1C(=O)C(=O)O. The fourth-order valence-corrected chi connectivity index (χ4v) is 6.44. The van der Waals surface area contributed by atoms with Crippen molar-refractivity contribution in [2.45, 2.75) is 51.9 Å². The van der Waals surface area contributed by atoms with Gasteiger partial charge < -0.3 is 10.4 Å². The van der Waals surface area contributed by atoms with Crippen LogP contribution in [0.15, 0.2) is 0 Å². The van der Waals surface area contributed by atoms with Gasteiger partial charge in [0, 0.05) is 4.88 Å². The first-order valence-electron chi connectivity index (χ1n) is 8.99. The molecule has 4 aliphatic rings. The van der Waals surface area contributed by atoms with Gasteiger partial charge in [0.25, 0.3) is 5.78 Å². The van der Waals surface area contributed by atoms with Crippen molar-refractivity contribution in [3.05, 3.63) is 10.6 Å². The van der Waals surface area contributed by atoms with Gasteiger partial charge in [0.1, 0.15) is 5.69 Å². The molecule has 7 heteroatoms. The summed E-state index contributed by atoms with van der Waals surface area (Å²) in [7, 11) is 0. The molecule has 1 aromatic heterocycles. The van der Waals surface area contributed by atoms with E-state index in [4.69, 9.17) is 5.11 Å². The minimum Gasteiger partial charge on any atom is -0.475 e. The Morgan fingerprint density at radius 3 is 2.20 bits per heavy atom. The van der Waals surface area contributed by atoms with Gasteiger partial charge in [0.2, 0.25) is 5.91 Å². The molecular weight excluding hydrogens is 340 g/mol. The highest BCUT2D eigenvalue weighted by Gasteiger charge is 2.54. The Bertz CT molecular complexity index is 719. The van der Waals surface area contributed by atoms with Crippen LogP contribution in [0.4, 0.5) is 5.13 Å². The van der Waals surface area contributed by atoms with Crippen LogP contribution in [-0.2, 0) is 16.0 Å². The highest BCUT2D eigenvalue weighted by atomic mass is 32.1. The summed E-state index contributed by atoms with van der Waals surface area (Å²) in [4.78, 5) is 40.5. The van der Waals surface area contributed by atoms with Crippen LogP contribution in [-0.4, -0.2) is 27.8 Å². The van der Waals surface area contributed by atoms with E-state index in [0.717, 1.165) is 19.3 Å². The Hall–Kier alpha value is -1.76. The number of ketones is 1. The first-order chi connectivity index (χ1) is 11.9. The van der Waals surface area contributed by atoms with Gasteiger partial charge in [-0.2, -0.15) is 0 Å². The molecule has 4 saturated carbocycles. The molecule has 1 aromatic rings. The van der Waals surface area contributed by atoms with Crippen molar-refractivity contribution in [3.63, 3.8) is 0 Å². The lowest BCUT2D eigenvalue weighted by Crippen LogP contribution is -2.51. The minimum atomic E-state index is -1.51. The lowest BCUT2D eigenvalue weighted by molar-refractivity contribution is -0.140. The standard InChI is InChI=1S/C18H22N2O4S/c1-2-12-13(14(21)15(22)23)19-17(25-12)20-16(24)18-6-9-3-10(7-18)5-11(4-9)8-18/h9-11H,2-8H2,1H3,(H,22,23)(H,19,20,24). The maximum atomic E-state index is 13.0. The second-order valence-corrected chi connectivity index (χ2v) is 9.01. The van der Waals surface area contributed by atoms with Gasteiger partial charge >= 0.3 is 5.97 Å². The van der Waals surface area contributed by atoms with E-state index < -0.39 is 11.8 Å². The third-order valence-electron chi connectivity index (χ3n) is 6.17. The third kappa shape index (κ3) is 2.78. The molecule has 0 radical (unpaired) electrons. The number of nitrogens with zero attached hydrogens (tertiary/aromatic N) is 1. The van der Waals surface area contributed by atoms with Crippen LogP contribution in [0.5, 0.6) is 0 Å². The number of amides is 1. The molecule has 0 atom stereocenters. The number of carboxylic acid groups (broad SMARTS) is 1. The van der Waals surface area contributed by atoms with E-state index in [2.05, 4.69) is 10.3 Å². The van der Waals surface area contributed by atoms with Crippen molar-refractivity contribution in [2.24, 2.45) is 23.2 Å². The molecule has 134 valence electrons. The molecule has 1 amide bonds. The van der Waals surface area contributed by atoms with Crippen LogP contribution < -0.4 is 5.32 Å². The van der Waals surface area contributed by atoms with Crippen molar-refractivity contribution >= 4 is 34.1 Å². The Balaban J connectivity index is 1.55. The summed E-state index contributed by atoms with van der Waals surface area (Å²) in [6.07, 6.45) is 7.18. The van der Waals surface area contributed by atoms with Crippen molar-refractivity contribution in [2.75, 3.05) is 5.32 Å². The smallest absolute Gasteiger partial charge is 0.378 e. The molecule has 4 fully saturated rings. The van der Waals surface area contributed by atoms with Gasteiger partial charge in [-0.25, -0.2) is 9.78 Å². The monoisotopic (exact) mass is 362 g/mol. The fourth-order valence-electron chi connectivity index (χ4n) is 5.54. The molecule has 25 heavy (non-hydrogen) atoms. The van der Waals surface area contributed by atoms with Crippen LogP contribution in [0.3, 0.4) is 0 Å². The normalized spacial score (nSPS) is 32.6. The number of thiazole rings is 1. The lowest BCUT2D eigenvalue weighted by atomic mass is 9.49. The van der Waals surface area contributed by atoms with E-state index in [1.54, 1.807) is 0 Å². The summed E-state index contributed by atoms with van der Waals surface area (Å²) in [5.74, 6) is -0.504. The van der Waals surface area contributed by atoms with Gasteiger partial charge in [-0.05, 0) is 62.7 Å². The number of nitrogens with one attached hydrogen (secondary N) is 1. The Morgan fingerprint density at radius 1 is 1.16 bits per heavy atom. The number of carbonyl (C=O) groups is 3. The maximum absolute atomic E-state index is 13.0. The van der Waals surface area contributed by atoms with Crippen molar-refractivity contribution < 1.29 is 19.5 Å². The van der Waals surface area contributed by atoms with E-state index in [1.807, 2.05) is 6.92 Å². The number of hydrogen-bond donors (Lipinski definition) is 2. The van der Waals surface area contributed by atoms with Crippen LogP contribution in [0.25, 0.3) is 0 Å². The molecule has 0 aliphatic heterocycles. The summed E-state index contributed by atoms with van der Waals surface area (Å²) >= 11 is 1.21. The number of carboxylic acids is 1. The number of hydrogen-bond acceptors (Lipinski definition) is 5. The summed E-state index contributed by atoms with van der Waals surface area (Å²) in [6.45, 7) is 1.84. The number of aliphatic carboxylic acids is 1. The molecule has 0 saturated heterocycles. The zero-order valence-electron chi connectivity index (χ0n) is 14.2. The number of aryl methyl sites for hydroxylation is 1. The first kappa shape index (κ1) is 16.7. The lowest BCUT2D eigenvalue weighted by Gasteiger charge is -2.55. The van der Waals surface area contributed by atoms with Crippen molar-refractivity contribution in [1.82, 2.24) is 4.98 Å². The molecule has 5 rings (SSSR count). The number of anilines is 1. The molecule has 0 spiro atoms. The Morgan fingerprint density at radius 2 is 1.72 bits per heavy atom. The fraction of sp³-hybridized carbons (Fsp3) is 0.667. The Kier molecular flexibility index (Phi) is 3.94. The molecule has 4 bridgehead atoms. The molecule has 0 aromatic carbocycles. The van der Waals surface area contributed by atoms with E-state index in [-0.39, 0.29) is 17.0 Å². The van der Waals surface area contributed by atoms with E-state index >= 15 is 0 Å². The molecular formula is C18H22N2O4S. The third-order valence-corrected chi connectivity index (χ3v) is 7.28. The second-order valence-electron chi connectivity index (χ2n) is 7.93. The van der Waals surface area contributed by atoms with Crippen molar-refractivity contribution in [1.29, 1.82) is 0 Å². The second kappa shape index (κ2) is 5.90. The molecule has 6 nitrogen and oxygen atoms in total. The number of Topliss-reactive ketones (excluding diaryl/α,β-unsaturated/α-hetero) is 1. The highest BCUT2D eigenvalue weighted by Crippen LogP contribution is 2.60. The largest absolute Gasteiger partial charge is 0.475 e. The summed E-state index contributed by atoms with van der Waals surface area (Å²) in [5, 5.41) is 12.2. The number of carbonyl (C=O) groups excluding carboxylic acids is 2. The molecule has 4 aliphatic carbocycles. The minimum absolute atomic E-state index is 0.0114. The zero-order chi connectivity index (χ0) is 17.8. The van der Waals surface area contributed by atoms with Crippen LogP contribution in [0.2, 0.25) is 0 Å². The van der Waals surface area contributed by atoms with Crippen molar-refractivity contribution in [3.8, 4) is 0 Å². The van der Waals surface area contributed by atoms with Gasteiger partial charge in [0.15, 0.2) is 5.13 Å². The number of aromatic nitrogens is 1. The molecule has 0 unspecified atom stereocenters. The van der Waals surface area contributed by atoms with E-state index in [9.17, 15) is 14.4 Å². The first-order valence-corrected chi connectivity index (χ1v) is 9.80. The van der Waals surface area contributed by atoms with Gasteiger partial charge in [-0.3, -0.25) is 9.59 Å². The highest BCUT2D eigenvalue weighted by molar-refractivity contribution is 7.16. The predicted octanol–water partition coefficient (Wildman–Crippen LogP) is 3.13. The predicted molar refractivity (Wildman–Crippen MR) is 92.7 cm³/mol. The van der Waals surface area contributed by atoms with Crippen LogP contribution >= 0.6 is 11.3 Å². The quantitative estimate of drug-likeness (QED) is 0.620. The van der Waals surface area contributed by atoms with Crippen LogP contribution in [0.1, 0.15) is 60.8 Å². The average molecular weight is 362 g/mol. The average Bonchev–Trinajstić information content (AvgIpc) is 2.95. The molecule has 2 N–H and O–H groups in total. The molecule has 1 heterocycles. The summed E-state index contributed by atoms with van der Waals surface area (Å²) in [5.41, 5.74) is -0.329. The summed E-state index contributed by atoms with van der Waals surface area (Å²) in [6, 6.07) is 0. The maximum Gasteiger partial charge on any atom is 0.378 e. The van der Waals surface area contributed by atoms with Gasteiger partial charge in [-0.15, -0.1) is 11.3 Å². The zero-order valence-corrected chi connectivity index (χ0v) is 15.0. The van der Waals surface area contributed by atoms with Gasteiger partial charge in [-0.1, -0.05) is 6.92 Å². The summed E-state index contributed by atoms with van der Waals surface area (Å²) < 4.78 is 0. The van der Waals surface area contributed by atoms with Crippen LogP contribution in [0, 0.1) is 23.2 Å².